The molecule has 0 aromatic heterocycles. The quantitative estimate of drug-likeness (QED) is 0.609. The fraction of sp³-hybridized carbons (Fsp3) is 0.381. The number of ether oxygens (including phenoxy) is 1. The van der Waals surface area contributed by atoms with Crippen LogP contribution in [0.2, 0.25) is 0 Å². The van der Waals surface area contributed by atoms with Crippen molar-refractivity contribution in [3.8, 4) is 0 Å². The van der Waals surface area contributed by atoms with Crippen molar-refractivity contribution in [1.82, 2.24) is 0 Å². The van der Waals surface area contributed by atoms with Crippen LogP contribution in [0.4, 0.5) is 0 Å². The third-order valence-electron chi connectivity index (χ3n) is 4.66. The zero-order chi connectivity index (χ0) is 18.1. The molecule has 1 atom stereocenters. The van der Waals surface area contributed by atoms with E-state index < -0.39 is 22.6 Å². The summed E-state index contributed by atoms with van der Waals surface area (Å²) in [5.74, 6) is -0.502. The van der Waals surface area contributed by atoms with Crippen molar-refractivity contribution in [2.24, 2.45) is 0 Å². The van der Waals surface area contributed by atoms with Crippen LogP contribution in [0.1, 0.15) is 38.3 Å². The number of hydrogen-bond donors (Lipinski definition) is 0. The van der Waals surface area contributed by atoms with Crippen molar-refractivity contribution in [1.29, 1.82) is 0 Å². The van der Waals surface area contributed by atoms with Crippen LogP contribution in [0.5, 0.6) is 0 Å². The maximum Gasteiger partial charge on any atom is 0.375 e. The smallest absolute Gasteiger partial charge is 0.365 e. The normalized spacial score (nSPS) is 21.6. The Kier molecular flexibility index (Phi) is 4.43. The molecule has 0 N–H and O–H groups in total. The second kappa shape index (κ2) is 6.28. The van der Waals surface area contributed by atoms with Gasteiger partial charge in [-0.1, -0.05) is 60.7 Å². The summed E-state index contributed by atoms with van der Waals surface area (Å²) in [5.41, 5.74) is -0.211. The molecule has 132 valence electrons. The lowest BCUT2D eigenvalue weighted by Gasteiger charge is -2.25. The van der Waals surface area contributed by atoms with Crippen LogP contribution in [-0.2, 0) is 24.7 Å². The number of methoxy groups -OCH3 is 1. The lowest BCUT2D eigenvalue weighted by molar-refractivity contribution is -0.327. The van der Waals surface area contributed by atoms with Crippen molar-refractivity contribution in [2.45, 2.75) is 43.8 Å². The van der Waals surface area contributed by atoms with E-state index in [9.17, 15) is 4.79 Å². The second-order valence-electron chi connectivity index (χ2n) is 7.41. The van der Waals surface area contributed by atoms with Gasteiger partial charge in [0.05, 0.1) is 5.41 Å². The van der Waals surface area contributed by atoms with Crippen LogP contribution in [0.3, 0.4) is 0 Å². The number of carbonyl (C=O) groups excluding carboxylic acids is 1. The second-order valence-corrected chi connectivity index (χ2v) is 7.41. The third kappa shape index (κ3) is 2.96. The molecule has 0 radical (unpaired) electrons. The molecular formula is C21H24O4. The van der Waals surface area contributed by atoms with Gasteiger partial charge in [0.25, 0.3) is 0 Å². The number of rotatable bonds is 5. The van der Waals surface area contributed by atoms with E-state index in [0.29, 0.717) is 6.42 Å². The predicted molar refractivity (Wildman–Crippen MR) is 95.0 cm³/mol. The Labute approximate surface area is 148 Å². The van der Waals surface area contributed by atoms with Crippen molar-refractivity contribution < 1.29 is 19.3 Å². The summed E-state index contributed by atoms with van der Waals surface area (Å²) < 4.78 is 5.75. The first-order valence-corrected chi connectivity index (χ1v) is 8.42. The Balaban J connectivity index is 2.02. The number of carbonyl (C=O) groups is 1. The molecule has 0 amide bonds. The molecule has 1 saturated carbocycles. The van der Waals surface area contributed by atoms with Crippen LogP contribution >= 0.6 is 0 Å². The monoisotopic (exact) mass is 340 g/mol. The van der Waals surface area contributed by atoms with Gasteiger partial charge in [-0.2, -0.15) is 4.89 Å². The van der Waals surface area contributed by atoms with E-state index in [1.807, 2.05) is 81.4 Å². The highest BCUT2D eigenvalue weighted by Crippen LogP contribution is 2.64. The topological polar surface area (TPSA) is 44.8 Å². The minimum Gasteiger partial charge on any atom is -0.365 e. The summed E-state index contributed by atoms with van der Waals surface area (Å²) in [4.78, 5) is 23.3. The van der Waals surface area contributed by atoms with Gasteiger partial charge in [0.2, 0.25) is 0 Å². The molecular weight excluding hydrogens is 316 g/mol. The van der Waals surface area contributed by atoms with Gasteiger partial charge in [-0.15, -0.1) is 0 Å². The molecule has 3 rings (SSSR count). The third-order valence-corrected chi connectivity index (χ3v) is 4.66. The maximum atomic E-state index is 12.9. The van der Waals surface area contributed by atoms with E-state index in [1.165, 1.54) is 0 Å². The molecule has 2 aromatic carbocycles. The fourth-order valence-corrected chi connectivity index (χ4v) is 3.42. The van der Waals surface area contributed by atoms with E-state index in [1.54, 1.807) is 7.11 Å². The van der Waals surface area contributed by atoms with Gasteiger partial charge in [0, 0.05) is 13.5 Å². The first-order chi connectivity index (χ1) is 11.9. The zero-order valence-electron chi connectivity index (χ0n) is 15.1. The average molecular weight is 340 g/mol. The van der Waals surface area contributed by atoms with Crippen molar-refractivity contribution in [2.75, 3.05) is 7.11 Å². The van der Waals surface area contributed by atoms with Crippen molar-refractivity contribution >= 4 is 5.97 Å². The molecule has 0 aliphatic heterocycles. The van der Waals surface area contributed by atoms with Gasteiger partial charge in [-0.3, -0.25) is 4.89 Å². The van der Waals surface area contributed by atoms with Crippen LogP contribution in [-0.4, -0.2) is 24.3 Å². The molecule has 1 fully saturated rings. The molecule has 0 heterocycles. The number of hydrogen-bond acceptors (Lipinski definition) is 4. The molecule has 25 heavy (non-hydrogen) atoms. The van der Waals surface area contributed by atoms with E-state index in [-0.39, 0.29) is 0 Å². The van der Waals surface area contributed by atoms with Gasteiger partial charge in [0.15, 0.2) is 5.60 Å². The lowest BCUT2D eigenvalue weighted by Crippen LogP contribution is -2.38. The summed E-state index contributed by atoms with van der Waals surface area (Å²) in [6.07, 6.45) is 0.511. The summed E-state index contributed by atoms with van der Waals surface area (Å²) in [6.45, 7) is 5.48. The Morgan fingerprint density at radius 1 is 0.920 bits per heavy atom. The fourth-order valence-electron chi connectivity index (χ4n) is 3.42. The van der Waals surface area contributed by atoms with E-state index in [4.69, 9.17) is 14.5 Å². The van der Waals surface area contributed by atoms with Crippen LogP contribution in [0, 0.1) is 0 Å². The Morgan fingerprint density at radius 2 is 1.40 bits per heavy atom. The zero-order valence-corrected chi connectivity index (χ0v) is 15.1. The van der Waals surface area contributed by atoms with Crippen LogP contribution < -0.4 is 0 Å². The molecule has 0 spiro atoms. The van der Waals surface area contributed by atoms with E-state index in [2.05, 4.69) is 0 Å². The standard InChI is InChI=1S/C21H24O4/c1-19(2,3)25-24-18(22)21(23-4)15-20(21,16-11-7-5-8-12-16)17-13-9-6-10-14-17/h5-14H,15H2,1-4H3. The Hall–Kier alpha value is -2.17. The highest BCUT2D eigenvalue weighted by atomic mass is 17.2. The van der Waals surface area contributed by atoms with Gasteiger partial charge < -0.3 is 4.74 Å². The van der Waals surface area contributed by atoms with E-state index in [0.717, 1.165) is 11.1 Å². The van der Waals surface area contributed by atoms with E-state index >= 15 is 0 Å². The first kappa shape index (κ1) is 17.6. The van der Waals surface area contributed by atoms with Gasteiger partial charge in [-0.25, -0.2) is 4.79 Å². The molecule has 1 unspecified atom stereocenters. The van der Waals surface area contributed by atoms with Crippen LogP contribution in [0.25, 0.3) is 0 Å². The summed E-state index contributed by atoms with van der Waals surface area (Å²) >= 11 is 0. The number of benzene rings is 2. The molecule has 0 saturated heterocycles. The molecule has 2 aromatic rings. The van der Waals surface area contributed by atoms with Gasteiger partial charge >= 0.3 is 5.97 Å². The largest absolute Gasteiger partial charge is 0.375 e. The minimum atomic E-state index is -1.10. The molecule has 4 nitrogen and oxygen atoms in total. The van der Waals surface area contributed by atoms with Crippen LogP contribution in [0.15, 0.2) is 60.7 Å². The minimum absolute atomic E-state index is 0.502. The Morgan fingerprint density at radius 3 is 1.80 bits per heavy atom. The highest BCUT2D eigenvalue weighted by Gasteiger charge is 2.76. The molecule has 4 heteroatoms. The maximum absolute atomic E-state index is 12.9. The summed E-state index contributed by atoms with van der Waals surface area (Å²) in [7, 11) is 1.55. The summed E-state index contributed by atoms with van der Waals surface area (Å²) in [6, 6.07) is 19.9. The molecule has 0 bridgehead atoms. The first-order valence-electron chi connectivity index (χ1n) is 8.42. The van der Waals surface area contributed by atoms with Crippen molar-refractivity contribution in [3.63, 3.8) is 0 Å². The SMILES string of the molecule is COC1(C(=O)OOC(C)(C)C)CC1(c1ccccc1)c1ccccc1. The average Bonchev–Trinajstić information content (AvgIpc) is 3.32. The lowest BCUT2D eigenvalue weighted by atomic mass is 9.84. The van der Waals surface area contributed by atoms with Crippen molar-refractivity contribution in [3.05, 3.63) is 71.8 Å². The molecule has 1 aliphatic carbocycles. The highest BCUT2D eigenvalue weighted by molar-refractivity contribution is 5.89. The van der Waals surface area contributed by atoms with Gasteiger partial charge in [0.1, 0.15) is 5.60 Å². The van der Waals surface area contributed by atoms with Gasteiger partial charge in [-0.05, 0) is 31.9 Å². The Bertz CT molecular complexity index is 694. The summed E-state index contributed by atoms with van der Waals surface area (Å²) in [5, 5.41) is 0. The molecule has 1 aliphatic rings. The predicted octanol–water partition coefficient (Wildman–Crippen LogP) is 4.03.